The van der Waals surface area contributed by atoms with Crippen molar-refractivity contribution in [3.05, 3.63) is 42.2 Å². The zero-order chi connectivity index (χ0) is 29.2. The lowest BCUT2D eigenvalue weighted by Crippen LogP contribution is -2.52. The van der Waals surface area contributed by atoms with Crippen molar-refractivity contribution < 1.29 is 4.74 Å². The molecular weight excluding hydrogens is 565 g/mol. The number of aryl methyl sites for hydroxylation is 1. The van der Waals surface area contributed by atoms with E-state index in [9.17, 15) is 0 Å². The molecule has 2 aromatic heterocycles. The molecule has 42 heavy (non-hydrogen) atoms. The summed E-state index contributed by atoms with van der Waals surface area (Å²) in [7, 11) is 3.52. The summed E-state index contributed by atoms with van der Waals surface area (Å²) in [6, 6.07) is 9.06. The first-order valence-electron chi connectivity index (χ1n) is 14.5. The van der Waals surface area contributed by atoms with Crippen LogP contribution in [0.1, 0.15) is 18.4 Å². The Balaban J connectivity index is 1.14. The predicted molar refractivity (Wildman–Crippen MR) is 176 cm³/mol. The zero-order valence-electron chi connectivity index (χ0n) is 25.1. The van der Waals surface area contributed by atoms with Gasteiger partial charge < -0.3 is 25.2 Å². The molecule has 4 aromatic rings. The van der Waals surface area contributed by atoms with E-state index in [0.29, 0.717) is 12.0 Å². The third kappa shape index (κ3) is 6.15. The highest BCUT2D eigenvalue weighted by Gasteiger charge is 2.28. The molecule has 222 valence electrons. The van der Waals surface area contributed by atoms with E-state index in [2.05, 4.69) is 85.2 Å². The number of anilines is 5. The van der Waals surface area contributed by atoms with Crippen LogP contribution in [-0.2, 0) is 0 Å². The number of nitrogens with one attached hydrogen (secondary N) is 2. The van der Waals surface area contributed by atoms with Crippen molar-refractivity contribution in [2.45, 2.75) is 25.8 Å². The minimum atomic E-state index is -0.421. The van der Waals surface area contributed by atoms with Gasteiger partial charge >= 0.3 is 0 Å². The van der Waals surface area contributed by atoms with Crippen LogP contribution in [0.15, 0.2) is 36.7 Å². The maximum absolute atomic E-state index is 5.84. The first-order chi connectivity index (χ1) is 20.4. The van der Waals surface area contributed by atoms with E-state index in [1.54, 1.807) is 19.5 Å². The first kappa shape index (κ1) is 29.0. The molecule has 0 atom stereocenters. The van der Waals surface area contributed by atoms with E-state index >= 15 is 0 Å². The molecule has 2 fully saturated rings. The van der Waals surface area contributed by atoms with Crippen LogP contribution >= 0.6 is 19.5 Å². The number of piperidine rings is 1. The number of hydrogen-bond acceptors (Lipinski definition) is 11. The van der Waals surface area contributed by atoms with Crippen molar-refractivity contribution in [1.82, 2.24) is 29.1 Å². The van der Waals surface area contributed by atoms with E-state index in [-0.39, 0.29) is 0 Å². The Morgan fingerprint density at radius 2 is 1.71 bits per heavy atom. The van der Waals surface area contributed by atoms with E-state index in [4.69, 9.17) is 9.72 Å². The third-order valence-electron chi connectivity index (χ3n) is 8.35. The van der Waals surface area contributed by atoms with Crippen LogP contribution in [-0.4, -0.2) is 102 Å². The fraction of sp³-hybridized carbons (Fsp3) is 0.467. The van der Waals surface area contributed by atoms with Gasteiger partial charge in [0.05, 0.1) is 29.5 Å². The second kappa shape index (κ2) is 12.6. The number of piperazine rings is 1. The lowest BCUT2D eigenvalue weighted by molar-refractivity contribution is 0.0982. The second-order valence-corrected chi connectivity index (χ2v) is 14.3. The molecule has 2 aliphatic rings. The standard InChI is InChI=1S/C30H40N9OPS/c1-20-18-24(26(40-3)19-25(20)39-12-8-21(9-13-39)38-16-14-37(2)15-17-38)33-29-35-30(42-36-29)34-23-7-6-22-27(28(23)41(4)5)32-11-10-31-22/h6-7,10-11,18-19,21H,8-9,12-17H2,1-5H3,(H2,33,34,35,36). The highest BCUT2D eigenvalue weighted by molar-refractivity contribution is 7.65. The summed E-state index contributed by atoms with van der Waals surface area (Å²) in [5.41, 5.74) is 6.15. The monoisotopic (exact) mass is 605 g/mol. The molecule has 2 aliphatic heterocycles. The molecule has 4 heterocycles. The third-order valence-corrected chi connectivity index (χ3v) is 10.3. The van der Waals surface area contributed by atoms with Crippen LogP contribution in [0.2, 0.25) is 0 Å². The van der Waals surface area contributed by atoms with E-state index in [1.807, 2.05) is 6.07 Å². The Morgan fingerprint density at radius 3 is 2.45 bits per heavy atom. The number of ether oxygens (including phenoxy) is 1. The van der Waals surface area contributed by atoms with Crippen LogP contribution in [0.4, 0.5) is 28.1 Å². The van der Waals surface area contributed by atoms with Gasteiger partial charge in [0.15, 0.2) is 0 Å². The summed E-state index contributed by atoms with van der Waals surface area (Å²) in [4.78, 5) is 21.5. The Morgan fingerprint density at radius 1 is 0.952 bits per heavy atom. The molecule has 2 aromatic carbocycles. The Hall–Kier alpha value is -3.11. The van der Waals surface area contributed by atoms with Crippen LogP contribution in [0.3, 0.4) is 0 Å². The van der Waals surface area contributed by atoms with Gasteiger partial charge in [-0.2, -0.15) is 9.36 Å². The number of likely N-dealkylation sites (N-methyl/N-ethyl adjacent to an activating group) is 1. The predicted octanol–water partition coefficient (Wildman–Crippen LogP) is 4.87. The molecule has 2 N–H and O–H groups in total. The van der Waals surface area contributed by atoms with Crippen molar-refractivity contribution in [2.75, 3.05) is 82.3 Å². The van der Waals surface area contributed by atoms with Crippen molar-refractivity contribution in [2.24, 2.45) is 0 Å². The minimum Gasteiger partial charge on any atom is -0.494 e. The Bertz CT molecular complexity index is 1530. The minimum absolute atomic E-state index is 0.421. The van der Waals surface area contributed by atoms with Crippen molar-refractivity contribution >= 4 is 63.9 Å². The highest BCUT2D eigenvalue weighted by atomic mass is 32.1. The van der Waals surface area contributed by atoms with Gasteiger partial charge in [-0.05, 0) is 63.9 Å². The SMILES string of the molecule is COc1cc(N2CCC(N3CCN(C)CC3)CC2)c(C)cc1Nc1nsc(Nc2ccc3nccnc3c2P(C)C)n1. The van der Waals surface area contributed by atoms with Crippen molar-refractivity contribution in [1.29, 1.82) is 0 Å². The highest BCUT2D eigenvalue weighted by Crippen LogP contribution is 2.37. The Kier molecular flexibility index (Phi) is 8.72. The summed E-state index contributed by atoms with van der Waals surface area (Å²) in [5, 5.41) is 8.78. The number of benzene rings is 2. The van der Waals surface area contributed by atoms with Gasteiger partial charge in [0, 0.05) is 86.3 Å². The molecule has 12 heteroatoms. The summed E-state index contributed by atoms with van der Waals surface area (Å²) in [6.07, 6.45) is 5.88. The summed E-state index contributed by atoms with van der Waals surface area (Å²) in [6.45, 7) is 13.5. The van der Waals surface area contributed by atoms with Gasteiger partial charge in [-0.1, -0.05) is 7.92 Å². The number of methoxy groups -OCH3 is 1. The number of nitrogens with zero attached hydrogens (tertiary/aromatic N) is 7. The van der Waals surface area contributed by atoms with Crippen molar-refractivity contribution in [3.63, 3.8) is 0 Å². The molecular formula is C30H40N9OPS. The Labute approximate surface area is 253 Å². The largest absolute Gasteiger partial charge is 0.494 e. The molecule has 2 saturated heterocycles. The van der Waals surface area contributed by atoms with Crippen LogP contribution in [0.5, 0.6) is 5.75 Å². The van der Waals surface area contributed by atoms with Gasteiger partial charge in [-0.25, -0.2) is 0 Å². The summed E-state index contributed by atoms with van der Waals surface area (Å²) in [5.74, 6) is 1.33. The number of rotatable bonds is 8. The smallest absolute Gasteiger partial charge is 0.241 e. The number of fused-ring (bicyclic) bond motifs is 1. The average molecular weight is 606 g/mol. The molecule has 10 nitrogen and oxygen atoms in total. The van der Waals surface area contributed by atoms with Gasteiger partial charge in [0.25, 0.3) is 0 Å². The zero-order valence-corrected chi connectivity index (χ0v) is 26.8. The molecule has 6 rings (SSSR count). The average Bonchev–Trinajstić information content (AvgIpc) is 3.44. The maximum atomic E-state index is 5.84. The lowest BCUT2D eigenvalue weighted by Gasteiger charge is -2.43. The van der Waals surface area contributed by atoms with Crippen LogP contribution in [0, 0.1) is 6.92 Å². The number of hydrogen-bond donors (Lipinski definition) is 2. The quantitative estimate of drug-likeness (QED) is 0.271. The molecule has 0 saturated carbocycles. The molecule has 0 spiro atoms. The van der Waals surface area contributed by atoms with Crippen LogP contribution in [0.25, 0.3) is 11.0 Å². The summed E-state index contributed by atoms with van der Waals surface area (Å²) >= 11 is 1.33. The topological polar surface area (TPSA) is 94.6 Å². The van der Waals surface area contributed by atoms with Crippen molar-refractivity contribution in [3.8, 4) is 5.75 Å². The number of aromatic nitrogens is 4. The molecule has 0 aliphatic carbocycles. The van der Waals surface area contributed by atoms with Gasteiger partial charge in [-0.15, -0.1) is 0 Å². The molecule has 0 amide bonds. The fourth-order valence-corrected chi connectivity index (χ4v) is 7.83. The molecule has 0 radical (unpaired) electrons. The van der Waals surface area contributed by atoms with E-state index < -0.39 is 7.92 Å². The van der Waals surface area contributed by atoms with Gasteiger partial charge in [0.2, 0.25) is 11.1 Å². The normalized spacial score (nSPS) is 17.2. The van der Waals surface area contributed by atoms with Gasteiger partial charge in [-0.3, -0.25) is 14.9 Å². The maximum Gasteiger partial charge on any atom is 0.241 e. The van der Waals surface area contributed by atoms with Gasteiger partial charge in [0.1, 0.15) is 5.75 Å². The van der Waals surface area contributed by atoms with E-state index in [0.717, 1.165) is 46.4 Å². The first-order valence-corrected chi connectivity index (χ1v) is 17.6. The van der Waals surface area contributed by atoms with E-state index in [1.165, 1.54) is 67.1 Å². The summed E-state index contributed by atoms with van der Waals surface area (Å²) < 4.78 is 10.4. The molecule has 0 bridgehead atoms. The van der Waals surface area contributed by atoms with Crippen LogP contribution < -0.4 is 25.6 Å². The molecule has 0 unspecified atom stereocenters. The fourth-order valence-electron chi connectivity index (χ4n) is 6.08. The lowest BCUT2D eigenvalue weighted by atomic mass is 10.0. The second-order valence-electron chi connectivity index (χ2n) is 11.3.